The van der Waals surface area contributed by atoms with E-state index in [0.717, 1.165) is 17.9 Å². The van der Waals surface area contributed by atoms with Gasteiger partial charge in [-0.05, 0) is 52.3 Å². The van der Waals surface area contributed by atoms with E-state index in [1.54, 1.807) is 0 Å². The molecule has 2 nitrogen and oxygen atoms in total. The zero-order valence-electron chi connectivity index (χ0n) is 9.63. The molecule has 0 saturated heterocycles. The van der Waals surface area contributed by atoms with Crippen LogP contribution in [0.15, 0.2) is 18.2 Å². The molecular weight excluding hydrogens is 335 g/mol. The monoisotopic (exact) mass is 352 g/mol. The maximum absolute atomic E-state index is 6.04. The van der Waals surface area contributed by atoms with Crippen LogP contribution < -0.4 is 11.3 Å². The lowest BCUT2D eigenvalue weighted by Gasteiger charge is -2.26. The van der Waals surface area contributed by atoms with Crippen LogP contribution in [0.1, 0.15) is 38.3 Å². The highest BCUT2D eigenvalue weighted by atomic mass is 127. The Balaban J connectivity index is 3.06. The molecule has 1 rings (SSSR count). The first-order valence-corrected chi connectivity index (χ1v) is 7.00. The average Bonchev–Trinajstić information content (AvgIpc) is 2.29. The zero-order valence-corrected chi connectivity index (χ0v) is 12.5. The van der Waals surface area contributed by atoms with E-state index >= 15 is 0 Å². The van der Waals surface area contributed by atoms with Gasteiger partial charge in [0.05, 0.1) is 0 Å². The minimum atomic E-state index is 0.181. The second kappa shape index (κ2) is 6.79. The van der Waals surface area contributed by atoms with E-state index in [1.807, 2.05) is 18.2 Å². The Morgan fingerprint density at radius 2 is 2.00 bits per heavy atom. The van der Waals surface area contributed by atoms with Crippen molar-refractivity contribution in [1.29, 1.82) is 0 Å². The molecule has 0 heterocycles. The Morgan fingerprint density at radius 3 is 2.50 bits per heavy atom. The second-order valence-corrected chi connectivity index (χ2v) is 5.49. The van der Waals surface area contributed by atoms with Crippen LogP contribution in [-0.4, -0.2) is 0 Å². The van der Waals surface area contributed by atoms with Crippen molar-refractivity contribution in [2.45, 2.75) is 32.7 Å². The van der Waals surface area contributed by atoms with Gasteiger partial charge in [-0.3, -0.25) is 11.3 Å². The van der Waals surface area contributed by atoms with Crippen LogP contribution in [0.2, 0.25) is 5.02 Å². The molecule has 0 spiro atoms. The molecule has 0 aliphatic heterocycles. The van der Waals surface area contributed by atoms with Crippen molar-refractivity contribution in [2.24, 2.45) is 11.8 Å². The number of hydrazine groups is 1. The molecule has 1 unspecified atom stereocenters. The maximum atomic E-state index is 6.04. The van der Waals surface area contributed by atoms with Crippen molar-refractivity contribution in [1.82, 2.24) is 5.43 Å². The van der Waals surface area contributed by atoms with Crippen molar-refractivity contribution in [3.8, 4) is 0 Å². The molecule has 16 heavy (non-hydrogen) atoms. The molecular formula is C12H18ClIN2. The molecule has 0 aliphatic carbocycles. The number of benzene rings is 1. The standard InChI is InChI=1S/C12H18ClIN2/c1-3-8(4-2)12(16-15)10-7-9(13)5-6-11(10)14/h5-8,12,16H,3-4,15H2,1-2H3. The lowest BCUT2D eigenvalue weighted by Crippen LogP contribution is -2.33. The summed E-state index contributed by atoms with van der Waals surface area (Å²) >= 11 is 8.36. The topological polar surface area (TPSA) is 38.0 Å². The van der Waals surface area contributed by atoms with E-state index in [1.165, 1.54) is 9.13 Å². The van der Waals surface area contributed by atoms with Gasteiger partial charge < -0.3 is 0 Å². The van der Waals surface area contributed by atoms with Gasteiger partial charge in [0.1, 0.15) is 0 Å². The summed E-state index contributed by atoms with van der Waals surface area (Å²) in [6.45, 7) is 4.38. The molecule has 1 aromatic carbocycles. The van der Waals surface area contributed by atoms with Gasteiger partial charge in [-0.25, -0.2) is 0 Å². The van der Waals surface area contributed by atoms with Crippen LogP contribution in [0, 0.1) is 9.49 Å². The van der Waals surface area contributed by atoms with Gasteiger partial charge in [0.2, 0.25) is 0 Å². The molecule has 0 bridgehead atoms. The molecule has 0 amide bonds. The minimum Gasteiger partial charge on any atom is -0.271 e. The molecule has 1 aromatic rings. The molecule has 0 aliphatic rings. The van der Waals surface area contributed by atoms with Gasteiger partial charge >= 0.3 is 0 Å². The van der Waals surface area contributed by atoms with Crippen molar-refractivity contribution in [2.75, 3.05) is 0 Å². The summed E-state index contributed by atoms with van der Waals surface area (Å²) in [5.74, 6) is 6.22. The van der Waals surface area contributed by atoms with Gasteiger partial charge in [0.15, 0.2) is 0 Å². The molecule has 0 aromatic heterocycles. The van der Waals surface area contributed by atoms with Crippen LogP contribution in [0.5, 0.6) is 0 Å². The Hall–Kier alpha value is 0.160. The van der Waals surface area contributed by atoms with Gasteiger partial charge in [-0.15, -0.1) is 0 Å². The highest BCUT2D eigenvalue weighted by Crippen LogP contribution is 2.31. The highest BCUT2D eigenvalue weighted by Gasteiger charge is 2.21. The third kappa shape index (κ3) is 3.32. The maximum Gasteiger partial charge on any atom is 0.0498 e. The highest BCUT2D eigenvalue weighted by molar-refractivity contribution is 14.1. The molecule has 90 valence electrons. The van der Waals surface area contributed by atoms with Gasteiger partial charge in [-0.1, -0.05) is 38.3 Å². The lowest BCUT2D eigenvalue weighted by atomic mass is 9.89. The second-order valence-electron chi connectivity index (χ2n) is 3.89. The first-order valence-electron chi connectivity index (χ1n) is 5.55. The van der Waals surface area contributed by atoms with Crippen molar-refractivity contribution >= 4 is 34.2 Å². The Labute approximate surface area is 116 Å². The zero-order chi connectivity index (χ0) is 12.1. The first kappa shape index (κ1) is 14.2. The quantitative estimate of drug-likeness (QED) is 0.479. The van der Waals surface area contributed by atoms with E-state index in [9.17, 15) is 0 Å². The predicted octanol–water partition coefficient (Wildman–Crippen LogP) is 3.89. The number of halogens is 2. The number of nitrogens with two attached hydrogens (primary N) is 1. The smallest absolute Gasteiger partial charge is 0.0498 e. The normalized spacial score (nSPS) is 13.1. The van der Waals surface area contributed by atoms with Gasteiger partial charge in [0.25, 0.3) is 0 Å². The van der Waals surface area contributed by atoms with Gasteiger partial charge in [0, 0.05) is 14.6 Å². The molecule has 4 heteroatoms. The fourth-order valence-electron chi connectivity index (χ4n) is 1.99. The fraction of sp³-hybridized carbons (Fsp3) is 0.500. The van der Waals surface area contributed by atoms with Crippen LogP contribution in [0.3, 0.4) is 0 Å². The van der Waals surface area contributed by atoms with Crippen molar-refractivity contribution in [3.63, 3.8) is 0 Å². The Bertz CT molecular complexity index is 340. The summed E-state index contributed by atoms with van der Waals surface area (Å²) in [6.07, 6.45) is 2.21. The molecule has 1 atom stereocenters. The van der Waals surface area contributed by atoms with E-state index in [-0.39, 0.29) is 6.04 Å². The van der Waals surface area contributed by atoms with Crippen LogP contribution in [-0.2, 0) is 0 Å². The summed E-state index contributed by atoms with van der Waals surface area (Å²) in [6, 6.07) is 6.13. The van der Waals surface area contributed by atoms with Crippen LogP contribution in [0.25, 0.3) is 0 Å². The van der Waals surface area contributed by atoms with E-state index < -0.39 is 0 Å². The summed E-state index contributed by atoms with van der Waals surface area (Å²) < 4.78 is 1.21. The fourth-order valence-corrected chi connectivity index (χ4v) is 2.84. The predicted molar refractivity (Wildman–Crippen MR) is 78.3 cm³/mol. The van der Waals surface area contributed by atoms with E-state index in [4.69, 9.17) is 17.4 Å². The van der Waals surface area contributed by atoms with E-state index in [0.29, 0.717) is 5.92 Å². The van der Waals surface area contributed by atoms with Crippen LogP contribution in [0.4, 0.5) is 0 Å². The third-order valence-electron chi connectivity index (χ3n) is 2.99. The Morgan fingerprint density at radius 1 is 1.38 bits per heavy atom. The molecule has 0 radical (unpaired) electrons. The Kier molecular flexibility index (Phi) is 6.03. The average molecular weight is 353 g/mol. The SMILES string of the molecule is CCC(CC)C(NN)c1cc(Cl)ccc1I. The van der Waals surface area contributed by atoms with E-state index in [2.05, 4.69) is 41.9 Å². The number of rotatable bonds is 5. The first-order chi connectivity index (χ1) is 7.63. The molecule has 3 N–H and O–H groups in total. The summed E-state index contributed by atoms with van der Waals surface area (Å²) in [5, 5.41) is 0.765. The number of hydrogen-bond acceptors (Lipinski definition) is 2. The summed E-state index contributed by atoms with van der Waals surface area (Å²) in [7, 11) is 0. The third-order valence-corrected chi connectivity index (χ3v) is 4.21. The summed E-state index contributed by atoms with van der Waals surface area (Å²) in [4.78, 5) is 0. The molecule has 0 fully saturated rings. The minimum absolute atomic E-state index is 0.181. The summed E-state index contributed by atoms with van der Waals surface area (Å²) in [5.41, 5.74) is 4.12. The number of nitrogens with one attached hydrogen (secondary N) is 1. The largest absolute Gasteiger partial charge is 0.271 e. The van der Waals surface area contributed by atoms with Gasteiger partial charge in [-0.2, -0.15) is 0 Å². The lowest BCUT2D eigenvalue weighted by molar-refractivity contribution is 0.344. The molecule has 0 saturated carbocycles. The van der Waals surface area contributed by atoms with Crippen molar-refractivity contribution in [3.05, 3.63) is 32.4 Å². The van der Waals surface area contributed by atoms with Crippen molar-refractivity contribution < 1.29 is 0 Å². The number of hydrogen-bond donors (Lipinski definition) is 2. The van der Waals surface area contributed by atoms with Crippen LogP contribution >= 0.6 is 34.2 Å².